The maximum atomic E-state index is 13.0. The molecule has 0 aromatic heterocycles. The van der Waals surface area contributed by atoms with Gasteiger partial charge in [-0.25, -0.2) is 4.39 Å². The standard InChI is InChI=1S/C11H13FO/c1-2-5-10(13)8-9-6-3-4-7-11(9)12/h3-4,6-7H,2,5,8H2,1H3. The molecule has 0 saturated heterocycles. The van der Waals surface area contributed by atoms with Crippen LogP contribution in [0.15, 0.2) is 24.3 Å². The monoisotopic (exact) mass is 180 g/mol. The summed E-state index contributed by atoms with van der Waals surface area (Å²) in [5, 5.41) is 0. The van der Waals surface area contributed by atoms with Gasteiger partial charge in [-0.15, -0.1) is 0 Å². The molecular weight excluding hydrogens is 167 g/mol. The molecule has 0 heterocycles. The van der Waals surface area contributed by atoms with Crippen molar-refractivity contribution in [2.45, 2.75) is 26.2 Å². The molecule has 0 saturated carbocycles. The summed E-state index contributed by atoms with van der Waals surface area (Å²) in [6.07, 6.45) is 1.59. The minimum absolute atomic E-state index is 0.104. The van der Waals surface area contributed by atoms with Crippen molar-refractivity contribution in [3.8, 4) is 0 Å². The van der Waals surface area contributed by atoms with Crippen molar-refractivity contribution in [3.05, 3.63) is 35.6 Å². The zero-order valence-corrected chi connectivity index (χ0v) is 7.72. The number of hydrogen-bond donors (Lipinski definition) is 0. The summed E-state index contributed by atoms with van der Waals surface area (Å²) in [7, 11) is 0. The summed E-state index contributed by atoms with van der Waals surface area (Å²) in [5.41, 5.74) is 0.501. The number of Topliss-reactive ketones (excluding diaryl/α,β-unsaturated/α-hetero) is 1. The van der Waals surface area contributed by atoms with Crippen LogP contribution in [0.2, 0.25) is 0 Å². The molecule has 0 spiro atoms. The second-order valence-corrected chi connectivity index (χ2v) is 3.06. The molecule has 70 valence electrons. The summed E-state index contributed by atoms with van der Waals surface area (Å²) in [4.78, 5) is 11.2. The summed E-state index contributed by atoms with van der Waals surface area (Å²) in [6, 6.07) is 6.41. The van der Waals surface area contributed by atoms with Crippen LogP contribution in [0, 0.1) is 5.82 Å². The number of hydrogen-bond acceptors (Lipinski definition) is 1. The zero-order valence-electron chi connectivity index (χ0n) is 7.72. The van der Waals surface area contributed by atoms with Crippen LogP contribution in [-0.2, 0) is 11.2 Å². The Morgan fingerprint density at radius 3 is 2.69 bits per heavy atom. The first-order chi connectivity index (χ1) is 6.24. The third-order valence-corrected chi connectivity index (χ3v) is 1.87. The predicted molar refractivity (Wildman–Crippen MR) is 50.0 cm³/mol. The number of carbonyl (C=O) groups excluding carboxylic acids is 1. The van der Waals surface area contributed by atoms with Crippen molar-refractivity contribution >= 4 is 5.78 Å². The van der Waals surface area contributed by atoms with E-state index in [0.717, 1.165) is 6.42 Å². The molecule has 0 unspecified atom stereocenters. The second-order valence-electron chi connectivity index (χ2n) is 3.06. The lowest BCUT2D eigenvalue weighted by Gasteiger charge is -2.00. The van der Waals surface area contributed by atoms with Crippen LogP contribution >= 0.6 is 0 Å². The van der Waals surface area contributed by atoms with Gasteiger partial charge in [0.25, 0.3) is 0 Å². The topological polar surface area (TPSA) is 17.1 Å². The van der Waals surface area contributed by atoms with E-state index in [4.69, 9.17) is 0 Å². The molecule has 0 amide bonds. The van der Waals surface area contributed by atoms with Gasteiger partial charge in [0, 0.05) is 12.8 Å². The Morgan fingerprint density at radius 1 is 1.38 bits per heavy atom. The van der Waals surface area contributed by atoms with Gasteiger partial charge in [-0.2, -0.15) is 0 Å². The van der Waals surface area contributed by atoms with E-state index in [2.05, 4.69) is 0 Å². The first-order valence-corrected chi connectivity index (χ1v) is 4.49. The van der Waals surface area contributed by atoms with Gasteiger partial charge in [0.05, 0.1) is 0 Å². The third kappa shape index (κ3) is 2.98. The molecule has 1 aromatic carbocycles. The van der Waals surface area contributed by atoms with Gasteiger partial charge in [-0.1, -0.05) is 25.1 Å². The molecule has 1 rings (SSSR count). The van der Waals surface area contributed by atoms with Crippen LogP contribution in [-0.4, -0.2) is 5.78 Å². The van der Waals surface area contributed by atoms with E-state index in [-0.39, 0.29) is 18.0 Å². The van der Waals surface area contributed by atoms with Crippen molar-refractivity contribution in [3.63, 3.8) is 0 Å². The van der Waals surface area contributed by atoms with Crippen LogP contribution in [0.3, 0.4) is 0 Å². The maximum absolute atomic E-state index is 13.0. The van der Waals surface area contributed by atoms with Gasteiger partial charge in [0.1, 0.15) is 11.6 Å². The molecular formula is C11H13FO. The summed E-state index contributed by atoms with van der Waals surface area (Å²) >= 11 is 0. The molecule has 2 heteroatoms. The molecule has 1 nitrogen and oxygen atoms in total. The SMILES string of the molecule is CCCC(=O)Cc1ccccc1F. The lowest BCUT2D eigenvalue weighted by atomic mass is 10.1. The van der Waals surface area contributed by atoms with Crippen LogP contribution in [0.1, 0.15) is 25.3 Å². The van der Waals surface area contributed by atoms with E-state index in [9.17, 15) is 9.18 Å². The molecule has 0 N–H and O–H groups in total. The molecule has 0 fully saturated rings. The number of carbonyl (C=O) groups is 1. The number of ketones is 1. The largest absolute Gasteiger partial charge is 0.299 e. The first kappa shape index (κ1) is 9.90. The molecule has 0 radical (unpaired) electrons. The summed E-state index contributed by atoms with van der Waals surface area (Å²) < 4.78 is 13.0. The van der Waals surface area contributed by atoms with Crippen LogP contribution in [0.25, 0.3) is 0 Å². The van der Waals surface area contributed by atoms with Gasteiger partial charge < -0.3 is 0 Å². The Morgan fingerprint density at radius 2 is 2.08 bits per heavy atom. The van der Waals surface area contributed by atoms with Gasteiger partial charge in [-0.3, -0.25) is 4.79 Å². The molecule has 0 bridgehead atoms. The lowest BCUT2D eigenvalue weighted by molar-refractivity contribution is -0.118. The molecule has 0 aliphatic carbocycles. The van der Waals surface area contributed by atoms with Crippen molar-refractivity contribution in [2.24, 2.45) is 0 Å². The van der Waals surface area contributed by atoms with Gasteiger partial charge >= 0.3 is 0 Å². The molecule has 0 aliphatic rings. The molecule has 13 heavy (non-hydrogen) atoms. The quantitative estimate of drug-likeness (QED) is 0.696. The third-order valence-electron chi connectivity index (χ3n) is 1.87. The van der Waals surface area contributed by atoms with E-state index in [1.807, 2.05) is 6.92 Å². The predicted octanol–water partition coefficient (Wildman–Crippen LogP) is 2.74. The highest BCUT2D eigenvalue weighted by Gasteiger charge is 2.05. The fourth-order valence-corrected chi connectivity index (χ4v) is 1.22. The second kappa shape index (κ2) is 4.75. The van der Waals surface area contributed by atoms with Crippen molar-refractivity contribution < 1.29 is 9.18 Å². The fourth-order valence-electron chi connectivity index (χ4n) is 1.22. The Kier molecular flexibility index (Phi) is 3.62. The Bertz CT molecular complexity index is 294. The van der Waals surface area contributed by atoms with Crippen molar-refractivity contribution in [1.29, 1.82) is 0 Å². The van der Waals surface area contributed by atoms with E-state index in [1.54, 1.807) is 18.2 Å². The van der Waals surface area contributed by atoms with Gasteiger partial charge in [0.2, 0.25) is 0 Å². The Hall–Kier alpha value is -1.18. The van der Waals surface area contributed by atoms with Crippen LogP contribution in [0.5, 0.6) is 0 Å². The summed E-state index contributed by atoms with van der Waals surface area (Å²) in [6.45, 7) is 1.94. The summed E-state index contributed by atoms with van der Waals surface area (Å²) in [5.74, 6) is -0.181. The van der Waals surface area contributed by atoms with E-state index >= 15 is 0 Å². The fraction of sp³-hybridized carbons (Fsp3) is 0.364. The highest BCUT2D eigenvalue weighted by Crippen LogP contribution is 2.08. The number of rotatable bonds is 4. The molecule has 0 atom stereocenters. The van der Waals surface area contributed by atoms with E-state index in [1.165, 1.54) is 6.07 Å². The Balaban J connectivity index is 2.63. The normalized spacial score (nSPS) is 10.0. The van der Waals surface area contributed by atoms with Crippen LogP contribution in [0.4, 0.5) is 4.39 Å². The number of benzene rings is 1. The first-order valence-electron chi connectivity index (χ1n) is 4.49. The highest BCUT2D eigenvalue weighted by molar-refractivity contribution is 5.80. The van der Waals surface area contributed by atoms with Crippen molar-refractivity contribution in [2.75, 3.05) is 0 Å². The minimum Gasteiger partial charge on any atom is -0.299 e. The lowest BCUT2D eigenvalue weighted by Crippen LogP contribution is -2.03. The highest BCUT2D eigenvalue weighted by atomic mass is 19.1. The minimum atomic E-state index is -0.285. The van der Waals surface area contributed by atoms with Gasteiger partial charge in [0.15, 0.2) is 0 Å². The van der Waals surface area contributed by atoms with Crippen molar-refractivity contribution in [1.82, 2.24) is 0 Å². The van der Waals surface area contributed by atoms with Gasteiger partial charge in [-0.05, 0) is 18.1 Å². The van der Waals surface area contributed by atoms with Crippen LogP contribution < -0.4 is 0 Å². The smallest absolute Gasteiger partial charge is 0.137 e. The van der Waals surface area contributed by atoms with E-state index < -0.39 is 0 Å². The Labute approximate surface area is 77.6 Å². The average molecular weight is 180 g/mol. The number of halogens is 1. The molecule has 0 aliphatic heterocycles. The zero-order chi connectivity index (χ0) is 9.68. The van der Waals surface area contributed by atoms with E-state index in [0.29, 0.717) is 12.0 Å². The average Bonchev–Trinajstić information content (AvgIpc) is 2.09. The maximum Gasteiger partial charge on any atom is 0.137 e. The molecule has 1 aromatic rings.